The van der Waals surface area contributed by atoms with Crippen LogP contribution in [0.2, 0.25) is 0 Å². The van der Waals surface area contributed by atoms with Gasteiger partial charge in [0.15, 0.2) is 0 Å². The van der Waals surface area contributed by atoms with Gasteiger partial charge in [0.2, 0.25) is 5.91 Å². The maximum atomic E-state index is 11.4. The molecule has 86 valence electrons. The fourth-order valence-electron chi connectivity index (χ4n) is 1.81. The number of nitrogens with zero attached hydrogens (tertiary/aromatic N) is 1. The summed E-state index contributed by atoms with van der Waals surface area (Å²) in [5, 5.41) is 0. The summed E-state index contributed by atoms with van der Waals surface area (Å²) in [5.74, 6) is -0.435. The number of hydrogen-bond donors (Lipinski definition) is 1. The summed E-state index contributed by atoms with van der Waals surface area (Å²) in [5.41, 5.74) is 5.09. The van der Waals surface area contributed by atoms with Crippen LogP contribution >= 0.6 is 0 Å². The summed E-state index contributed by atoms with van der Waals surface area (Å²) in [6.45, 7) is 4.01. The van der Waals surface area contributed by atoms with Crippen molar-refractivity contribution >= 4 is 11.9 Å². The second kappa shape index (κ2) is 5.70. The van der Waals surface area contributed by atoms with Gasteiger partial charge in [-0.2, -0.15) is 0 Å². The van der Waals surface area contributed by atoms with Gasteiger partial charge in [-0.3, -0.25) is 14.5 Å². The van der Waals surface area contributed by atoms with E-state index in [4.69, 9.17) is 10.5 Å². The zero-order valence-corrected chi connectivity index (χ0v) is 9.07. The third-order valence-electron chi connectivity index (χ3n) is 2.59. The second-order valence-corrected chi connectivity index (χ2v) is 3.77. The van der Waals surface area contributed by atoms with Gasteiger partial charge in [-0.05, 0) is 32.9 Å². The van der Waals surface area contributed by atoms with E-state index in [0.29, 0.717) is 6.61 Å². The Bertz CT molecular complexity index is 235. The molecule has 0 aromatic heterocycles. The number of likely N-dealkylation sites (tertiary alicyclic amines) is 1. The van der Waals surface area contributed by atoms with Crippen LogP contribution in [0.4, 0.5) is 0 Å². The summed E-state index contributed by atoms with van der Waals surface area (Å²) in [4.78, 5) is 24.0. The number of ether oxygens (including phenoxy) is 1. The molecular weight excluding hydrogens is 196 g/mol. The Balaban J connectivity index is 2.29. The van der Waals surface area contributed by atoms with E-state index in [-0.39, 0.29) is 24.3 Å². The molecule has 1 rings (SSSR count). The van der Waals surface area contributed by atoms with Crippen molar-refractivity contribution in [3.05, 3.63) is 0 Å². The van der Waals surface area contributed by atoms with E-state index in [1.165, 1.54) is 0 Å². The molecule has 0 aromatic carbocycles. The Morgan fingerprint density at radius 3 is 2.47 bits per heavy atom. The summed E-state index contributed by atoms with van der Waals surface area (Å²) < 4.78 is 4.95. The van der Waals surface area contributed by atoms with E-state index >= 15 is 0 Å². The number of carbonyl (C=O) groups is 2. The fourth-order valence-corrected chi connectivity index (χ4v) is 1.81. The van der Waals surface area contributed by atoms with Gasteiger partial charge in [0, 0.05) is 0 Å². The maximum Gasteiger partial charge on any atom is 0.309 e. The number of nitrogens with two attached hydrogens (primary N) is 1. The van der Waals surface area contributed by atoms with Crippen LogP contribution in [0.5, 0.6) is 0 Å². The minimum atomic E-state index is -0.315. The van der Waals surface area contributed by atoms with Gasteiger partial charge < -0.3 is 10.5 Å². The molecule has 0 bridgehead atoms. The van der Waals surface area contributed by atoms with Crippen LogP contribution in [0.25, 0.3) is 0 Å². The molecular formula is C10H18N2O3. The topological polar surface area (TPSA) is 72.6 Å². The Kier molecular flexibility index (Phi) is 4.55. The highest BCUT2D eigenvalue weighted by atomic mass is 16.5. The van der Waals surface area contributed by atoms with Crippen LogP contribution in [0.3, 0.4) is 0 Å². The lowest BCUT2D eigenvalue weighted by atomic mass is 9.97. The SMILES string of the molecule is CCOC(=O)C1CCN(CC(N)=O)CC1. The largest absolute Gasteiger partial charge is 0.466 e. The lowest BCUT2D eigenvalue weighted by Gasteiger charge is -2.29. The monoisotopic (exact) mass is 214 g/mol. The van der Waals surface area contributed by atoms with E-state index in [1.807, 2.05) is 4.90 Å². The molecule has 1 aliphatic rings. The number of carbonyl (C=O) groups excluding carboxylic acids is 2. The minimum absolute atomic E-state index is 0.00548. The Morgan fingerprint density at radius 1 is 1.40 bits per heavy atom. The zero-order chi connectivity index (χ0) is 11.3. The van der Waals surface area contributed by atoms with Gasteiger partial charge in [-0.1, -0.05) is 0 Å². The second-order valence-electron chi connectivity index (χ2n) is 3.77. The summed E-state index contributed by atoms with van der Waals surface area (Å²) >= 11 is 0. The predicted molar refractivity (Wildman–Crippen MR) is 55.0 cm³/mol. The Hall–Kier alpha value is -1.10. The quantitative estimate of drug-likeness (QED) is 0.655. The van der Waals surface area contributed by atoms with E-state index in [1.54, 1.807) is 6.92 Å². The van der Waals surface area contributed by atoms with Crippen molar-refractivity contribution in [2.24, 2.45) is 11.7 Å². The van der Waals surface area contributed by atoms with Gasteiger partial charge in [0.05, 0.1) is 19.1 Å². The molecule has 0 aromatic rings. The number of hydrogen-bond acceptors (Lipinski definition) is 4. The first-order valence-corrected chi connectivity index (χ1v) is 5.30. The molecule has 1 aliphatic heterocycles. The minimum Gasteiger partial charge on any atom is -0.466 e. The molecule has 1 fully saturated rings. The van der Waals surface area contributed by atoms with Crippen LogP contribution in [-0.4, -0.2) is 43.0 Å². The molecule has 15 heavy (non-hydrogen) atoms. The Morgan fingerprint density at radius 2 is 2.00 bits per heavy atom. The summed E-state index contributed by atoms with van der Waals surface area (Å²) in [7, 11) is 0. The smallest absolute Gasteiger partial charge is 0.309 e. The molecule has 5 nitrogen and oxygen atoms in total. The van der Waals surface area contributed by atoms with Crippen molar-refractivity contribution in [2.45, 2.75) is 19.8 Å². The van der Waals surface area contributed by atoms with E-state index in [9.17, 15) is 9.59 Å². The van der Waals surface area contributed by atoms with Gasteiger partial charge in [-0.15, -0.1) is 0 Å². The fraction of sp³-hybridized carbons (Fsp3) is 0.800. The highest BCUT2D eigenvalue weighted by Crippen LogP contribution is 2.18. The lowest BCUT2D eigenvalue weighted by Crippen LogP contribution is -2.41. The van der Waals surface area contributed by atoms with Crippen molar-refractivity contribution in [3.8, 4) is 0 Å². The van der Waals surface area contributed by atoms with Crippen LogP contribution < -0.4 is 5.73 Å². The molecule has 1 saturated heterocycles. The highest BCUT2D eigenvalue weighted by Gasteiger charge is 2.26. The van der Waals surface area contributed by atoms with E-state index in [0.717, 1.165) is 25.9 Å². The number of esters is 1. The third kappa shape index (κ3) is 3.87. The lowest BCUT2D eigenvalue weighted by molar-refractivity contribution is -0.149. The van der Waals surface area contributed by atoms with Crippen LogP contribution in [0, 0.1) is 5.92 Å². The van der Waals surface area contributed by atoms with Gasteiger partial charge in [0.1, 0.15) is 0 Å². The molecule has 2 N–H and O–H groups in total. The standard InChI is InChI=1S/C10H18N2O3/c1-2-15-10(14)8-3-5-12(6-4-8)7-9(11)13/h8H,2-7H2,1H3,(H2,11,13). The van der Waals surface area contributed by atoms with Crippen LogP contribution in [0.1, 0.15) is 19.8 Å². The third-order valence-corrected chi connectivity index (χ3v) is 2.59. The van der Waals surface area contributed by atoms with Crippen molar-refractivity contribution in [3.63, 3.8) is 0 Å². The number of piperidine rings is 1. The zero-order valence-electron chi connectivity index (χ0n) is 9.07. The predicted octanol–water partition coefficient (Wildman–Crippen LogP) is -0.253. The van der Waals surface area contributed by atoms with Crippen molar-refractivity contribution in [2.75, 3.05) is 26.2 Å². The Labute approximate surface area is 89.6 Å². The first-order valence-electron chi connectivity index (χ1n) is 5.30. The maximum absolute atomic E-state index is 11.4. The van der Waals surface area contributed by atoms with E-state index < -0.39 is 0 Å². The van der Waals surface area contributed by atoms with Crippen LogP contribution in [-0.2, 0) is 14.3 Å². The van der Waals surface area contributed by atoms with Crippen molar-refractivity contribution < 1.29 is 14.3 Å². The number of amides is 1. The molecule has 0 radical (unpaired) electrons. The molecule has 1 heterocycles. The first kappa shape index (κ1) is 12.0. The van der Waals surface area contributed by atoms with Gasteiger partial charge in [0.25, 0.3) is 0 Å². The van der Waals surface area contributed by atoms with Crippen molar-refractivity contribution in [1.29, 1.82) is 0 Å². The normalized spacial score (nSPS) is 18.7. The summed E-state index contributed by atoms with van der Waals surface area (Å²) in [6, 6.07) is 0. The summed E-state index contributed by atoms with van der Waals surface area (Å²) in [6.07, 6.45) is 1.51. The van der Waals surface area contributed by atoms with E-state index in [2.05, 4.69) is 0 Å². The molecule has 0 spiro atoms. The molecule has 1 amide bonds. The van der Waals surface area contributed by atoms with Crippen molar-refractivity contribution in [1.82, 2.24) is 4.90 Å². The van der Waals surface area contributed by atoms with Gasteiger partial charge in [-0.25, -0.2) is 0 Å². The van der Waals surface area contributed by atoms with Crippen LogP contribution in [0.15, 0.2) is 0 Å². The highest BCUT2D eigenvalue weighted by molar-refractivity contribution is 5.76. The molecule has 0 saturated carbocycles. The molecule has 5 heteroatoms. The average Bonchev–Trinajstić information content (AvgIpc) is 2.18. The average molecular weight is 214 g/mol. The molecule has 0 atom stereocenters. The number of primary amides is 1. The molecule has 0 unspecified atom stereocenters. The molecule has 0 aliphatic carbocycles. The van der Waals surface area contributed by atoms with Gasteiger partial charge >= 0.3 is 5.97 Å². The number of rotatable bonds is 4. The first-order chi connectivity index (χ1) is 7.13.